The lowest BCUT2D eigenvalue weighted by molar-refractivity contribution is -0.128. The standard InChI is InChI=1S/C10H17NO/c1-11-6-5-9(7-11)10(12)8-3-2-4-8/h8-9H,2-7H2,1H3. The number of nitrogens with zero attached hydrogens (tertiary/aromatic N) is 1. The molecule has 2 nitrogen and oxygen atoms in total. The van der Waals surface area contributed by atoms with E-state index in [0.29, 0.717) is 17.6 Å². The van der Waals surface area contributed by atoms with Gasteiger partial charge in [-0.25, -0.2) is 0 Å². The Morgan fingerprint density at radius 2 is 2.00 bits per heavy atom. The zero-order valence-corrected chi connectivity index (χ0v) is 7.75. The van der Waals surface area contributed by atoms with E-state index in [1.165, 1.54) is 19.3 Å². The van der Waals surface area contributed by atoms with Gasteiger partial charge in [0.1, 0.15) is 5.78 Å². The molecule has 68 valence electrons. The van der Waals surface area contributed by atoms with Crippen LogP contribution in [-0.4, -0.2) is 30.8 Å². The Hall–Kier alpha value is -0.370. The maximum absolute atomic E-state index is 11.7. The molecule has 12 heavy (non-hydrogen) atoms. The monoisotopic (exact) mass is 167 g/mol. The molecule has 2 rings (SSSR count). The number of carbonyl (C=O) groups excluding carboxylic acids is 1. The average Bonchev–Trinajstić information content (AvgIpc) is 2.31. The molecule has 0 aromatic carbocycles. The second-order valence-corrected chi connectivity index (χ2v) is 4.28. The topological polar surface area (TPSA) is 20.3 Å². The van der Waals surface area contributed by atoms with Crippen LogP contribution in [0.1, 0.15) is 25.7 Å². The maximum atomic E-state index is 11.7. The molecule has 1 aliphatic carbocycles. The van der Waals surface area contributed by atoms with Crippen molar-refractivity contribution in [2.24, 2.45) is 11.8 Å². The van der Waals surface area contributed by atoms with Crippen molar-refractivity contribution in [3.05, 3.63) is 0 Å². The van der Waals surface area contributed by atoms with Gasteiger partial charge in [0.05, 0.1) is 0 Å². The summed E-state index contributed by atoms with van der Waals surface area (Å²) >= 11 is 0. The van der Waals surface area contributed by atoms with Gasteiger partial charge in [-0.3, -0.25) is 4.79 Å². The summed E-state index contributed by atoms with van der Waals surface area (Å²) in [4.78, 5) is 14.0. The minimum atomic E-state index is 0.375. The van der Waals surface area contributed by atoms with E-state index in [1.54, 1.807) is 0 Å². The fourth-order valence-electron chi connectivity index (χ4n) is 2.19. The highest BCUT2D eigenvalue weighted by atomic mass is 16.1. The first-order valence-corrected chi connectivity index (χ1v) is 4.99. The Bertz CT molecular complexity index is 186. The van der Waals surface area contributed by atoms with Gasteiger partial charge in [-0.1, -0.05) is 6.42 Å². The molecule has 1 atom stereocenters. The lowest BCUT2D eigenvalue weighted by Crippen LogP contribution is -2.30. The van der Waals surface area contributed by atoms with Crippen LogP contribution in [0.25, 0.3) is 0 Å². The van der Waals surface area contributed by atoms with Crippen LogP contribution >= 0.6 is 0 Å². The summed E-state index contributed by atoms with van der Waals surface area (Å²) < 4.78 is 0. The normalized spacial score (nSPS) is 31.9. The summed E-state index contributed by atoms with van der Waals surface area (Å²) in [7, 11) is 2.11. The Morgan fingerprint density at radius 3 is 2.42 bits per heavy atom. The lowest BCUT2D eigenvalue weighted by atomic mass is 9.77. The van der Waals surface area contributed by atoms with Gasteiger partial charge >= 0.3 is 0 Å². The van der Waals surface area contributed by atoms with E-state index in [-0.39, 0.29) is 0 Å². The summed E-state index contributed by atoms with van der Waals surface area (Å²) in [5.41, 5.74) is 0. The van der Waals surface area contributed by atoms with Crippen LogP contribution in [-0.2, 0) is 4.79 Å². The van der Waals surface area contributed by atoms with Crippen LogP contribution in [0.2, 0.25) is 0 Å². The average molecular weight is 167 g/mol. The molecule has 0 aromatic rings. The molecule has 0 radical (unpaired) electrons. The molecule has 0 N–H and O–H groups in total. The molecule has 2 heteroatoms. The molecule has 1 heterocycles. The van der Waals surface area contributed by atoms with Gasteiger partial charge in [0.2, 0.25) is 0 Å². The van der Waals surface area contributed by atoms with Crippen molar-refractivity contribution < 1.29 is 4.79 Å². The highest BCUT2D eigenvalue weighted by Gasteiger charge is 2.33. The van der Waals surface area contributed by atoms with Gasteiger partial charge in [0, 0.05) is 18.4 Å². The van der Waals surface area contributed by atoms with Crippen molar-refractivity contribution in [3.8, 4) is 0 Å². The summed E-state index contributed by atoms with van der Waals surface area (Å²) in [5, 5.41) is 0. The van der Waals surface area contributed by atoms with Crippen LogP contribution < -0.4 is 0 Å². The molecule has 1 unspecified atom stereocenters. The molecule has 2 fully saturated rings. The molecule has 0 spiro atoms. The van der Waals surface area contributed by atoms with Crippen LogP contribution in [0.15, 0.2) is 0 Å². The van der Waals surface area contributed by atoms with Crippen molar-refractivity contribution >= 4 is 5.78 Å². The predicted molar refractivity (Wildman–Crippen MR) is 48.0 cm³/mol. The molecule has 1 aliphatic heterocycles. The predicted octanol–water partition coefficient (Wildman–Crippen LogP) is 1.31. The van der Waals surface area contributed by atoms with E-state index in [9.17, 15) is 4.79 Å². The summed E-state index contributed by atoms with van der Waals surface area (Å²) in [6.45, 7) is 2.12. The summed E-state index contributed by atoms with van der Waals surface area (Å²) in [5.74, 6) is 1.38. The quantitative estimate of drug-likeness (QED) is 0.618. The first-order valence-electron chi connectivity index (χ1n) is 4.99. The van der Waals surface area contributed by atoms with E-state index in [2.05, 4.69) is 11.9 Å². The molecule has 1 saturated carbocycles. The number of hydrogen-bond donors (Lipinski definition) is 0. The van der Waals surface area contributed by atoms with Crippen molar-refractivity contribution in [3.63, 3.8) is 0 Å². The highest BCUT2D eigenvalue weighted by Crippen LogP contribution is 2.31. The maximum Gasteiger partial charge on any atom is 0.140 e. The van der Waals surface area contributed by atoms with Crippen LogP contribution in [0, 0.1) is 11.8 Å². The SMILES string of the molecule is CN1CCC(C(=O)C2CCC2)C1. The Morgan fingerprint density at radius 1 is 1.25 bits per heavy atom. The molecule has 0 amide bonds. The van der Waals surface area contributed by atoms with E-state index in [0.717, 1.165) is 19.5 Å². The molecule has 2 aliphatic rings. The number of Topliss-reactive ketones (excluding diaryl/α,β-unsaturated/α-hetero) is 1. The molecule has 0 bridgehead atoms. The number of likely N-dealkylation sites (tertiary alicyclic amines) is 1. The zero-order chi connectivity index (χ0) is 8.55. The summed E-state index contributed by atoms with van der Waals surface area (Å²) in [6, 6.07) is 0. The Labute approximate surface area is 73.9 Å². The number of carbonyl (C=O) groups is 1. The number of hydrogen-bond acceptors (Lipinski definition) is 2. The van der Waals surface area contributed by atoms with E-state index in [4.69, 9.17) is 0 Å². The van der Waals surface area contributed by atoms with Crippen LogP contribution in [0.5, 0.6) is 0 Å². The Kier molecular flexibility index (Phi) is 2.18. The van der Waals surface area contributed by atoms with Crippen LogP contribution in [0.3, 0.4) is 0 Å². The van der Waals surface area contributed by atoms with E-state index in [1.807, 2.05) is 0 Å². The molecular weight excluding hydrogens is 150 g/mol. The van der Waals surface area contributed by atoms with Crippen molar-refractivity contribution in [1.82, 2.24) is 4.90 Å². The van der Waals surface area contributed by atoms with Gasteiger partial charge in [-0.05, 0) is 32.9 Å². The second-order valence-electron chi connectivity index (χ2n) is 4.28. The number of rotatable bonds is 2. The molecular formula is C10H17NO. The zero-order valence-electron chi connectivity index (χ0n) is 7.75. The first kappa shape index (κ1) is 8.24. The summed E-state index contributed by atoms with van der Waals surface area (Å²) in [6.07, 6.45) is 4.71. The Balaban J connectivity index is 1.87. The van der Waals surface area contributed by atoms with Gasteiger partial charge in [-0.2, -0.15) is 0 Å². The minimum absolute atomic E-state index is 0.375. The van der Waals surface area contributed by atoms with Gasteiger partial charge in [0.25, 0.3) is 0 Å². The lowest BCUT2D eigenvalue weighted by Gasteiger charge is -2.26. The van der Waals surface area contributed by atoms with Crippen LogP contribution in [0.4, 0.5) is 0 Å². The van der Waals surface area contributed by atoms with Gasteiger partial charge in [-0.15, -0.1) is 0 Å². The molecule has 0 aromatic heterocycles. The third-order valence-electron chi connectivity index (χ3n) is 3.30. The fourth-order valence-corrected chi connectivity index (χ4v) is 2.19. The van der Waals surface area contributed by atoms with Crippen molar-refractivity contribution in [1.29, 1.82) is 0 Å². The van der Waals surface area contributed by atoms with E-state index < -0.39 is 0 Å². The minimum Gasteiger partial charge on any atom is -0.306 e. The van der Waals surface area contributed by atoms with Gasteiger partial charge < -0.3 is 4.90 Å². The smallest absolute Gasteiger partial charge is 0.140 e. The molecule has 1 saturated heterocycles. The third-order valence-corrected chi connectivity index (χ3v) is 3.30. The number of ketones is 1. The largest absolute Gasteiger partial charge is 0.306 e. The second kappa shape index (κ2) is 3.17. The highest BCUT2D eigenvalue weighted by molar-refractivity contribution is 5.84. The van der Waals surface area contributed by atoms with Crippen molar-refractivity contribution in [2.75, 3.05) is 20.1 Å². The van der Waals surface area contributed by atoms with E-state index >= 15 is 0 Å². The van der Waals surface area contributed by atoms with Gasteiger partial charge in [0.15, 0.2) is 0 Å². The van der Waals surface area contributed by atoms with Crippen molar-refractivity contribution in [2.45, 2.75) is 25.7 Å². The third kappa shape index (κ3) is 1.40. The fraction of sp³-hybridized carbons (Fsp3) is 0.900. The first-order chi connectivity index (χ1) is 5.77.